The molecule has 1 aromatic heterocycles. The molecule has 0 atom stereocenters. The Labute approximate surface area is 117 Å². The minimum atomic E-state index is 0.499. The molecule has 0 spiro atoms. The van der Waals surface area contributed by atoms with Crippen molar-refractivity contribution in [2.45, 2.75) is 51.5 Å². The van der Waals surface area contributed by atoms with Crippen molar-refractivity contribution in [3.63, 3.8) is 0 Å². The third-order valence-corrected chi connectivity index (χ3v) is 4.12. The predicted molar refractivity (Wildman–Crippen MR) is 76.9 cm³/mol. The molecule has 2 aliphatic rings. The van der Waals surface area contributed by atoms with Crippen LogP contribution in [-0.2, 0) is 0 Å². The van der Waals surface area contributed by atoms with Gasteiger partial charge >= 0.3 is 0 Å². The molecule has 0 aromatic carbocycles. The lowest BCUT2D eigenvalue weighted by molar-refractivity contribution is 0.632. The Morgan fingerprint density at radius 1 is 1.28 bits per heavy atom. The van der Waals surface area contributed by atoms with Crippen molar-refractivity contribution in [2.24, 2.45) is 5.92 Å². The van der Waals surface area contributed by atoms with E-state index >= 15 is 0 Å². The molecule has 18 heavy (non-hydrogen) atoms. The maximum Gasteiger partial charge on any atom is 0.135 e. The van der Waals surface area contributed by atoms with Crippen molar-refractivity contribution in [2.75, 3.05) is 11.4 Å². The second kappa shape index (κ2) is 4.80. The van der Waals surface area contributed by atoms with E-state index < -0.39 is 0 Å². The molecule has 0 radical (unpaired) electrons. The van der Waals surface area contributed by atoms with E-state index in [2.05, 4.69) is 45.7 Å². The van der Waals surface area contributed by atoms with E-state index in [9.17, 15) is 0 Å². The summed E-state index contributed by atoms with van der Waals surface area (Å²) in [6.07, 6.45) is 5.26. The van der Waals surface area contributed by atoms with Crippen LogP contribution in [-0.4, -0.2) is 22.6 Å². The zero-order valence-electron chi connectivity index (χ0n) is 11.1. The third-order valence-electron chi connectivity index (χ3n) is 3.71. The predicted octanol–water partition coefficient (Wildman–Crippen LogP) is 3.74. The van der Waals surface area contributed by atoms with Gasteiger partial charge in [0.1, 0.15) is 16.2 Å². The monoisotopic (exact) mass is 309 g/mol. The smallest absolute Gasteiger partial charge is 0.135 e. The fraction of sp³-hybridized carbons (Fsp3) is 0.714. The lowest BCUT2D eigenvalue weighted by Gasteiger charge is -2.28. The van der Waals surface area contributed by atoms with E-state index in [1.807, 2.05) is 0 Å². The van der Waals surface area contributed by atoms with Crippen LogP contribution < -0.4 is 4.90 Å². The second-order valence-corrected chi connectivity index (χ2v) is 6.68. The number of anilines is 1. The Morgan fingerprint density at radius 2 is 2.00 bits per heavy atom. The molecule has 0 N–H and O–H groups in total. The Kier molecular flexibility index (Phi) is 3.31. The average molecular weight is 310 g/mol. The van der Waals surface area contributed by atoms with Gasteiger partial charge in [0, 0.05) is 24.6 Å². The molecule has 3 nitrogen and oxygen atoms in total. The lowest BCUT2D eigenvalue weighted by Crippen LogP contribution is -2.33. The largest absolute Gasteiger partial charge is 0.354 e. The molecule has 1 heterocycles. The van der Waals surface area contributed by atoms with E-state index in [-0.39, 0.29) is 0 Å². The van der Waals surface area contributed by atoms with E-state index in [0.29, 0.717) is 12.0 Å². The maximum absolute atomic E-state index is 4.78. The van der Waals surface area contributed by atoms with E-state index in [1.54, 1.807) is 0 Å². The number of halogens is 1. The molecule has 0 saturated heterocycles. The summed E-state index contributed by atoms with van der Waals surface area (Å²) in [6, 6.07) is 2.56. The van der Waals surface area contributed by atoms with Crippen LogP contribution in [0.2, 0.25) is 0 Å². The van der Waals surface area contributed by atoms with E-state index in [1.165, 1.54) is 25.7 Å². The molecule has 3 rings (SSSR count). The van der Waals surface area contributed by atoms with Crippen LogP contribution >= 0.6 is 15.9 Å². The van der Waals surface area contributed by atoms with Crippen molar-refractivity contribution in [3.05, 3.63) is 16.5 Å². The molecular formula is C14H20BrN3. The SMILES string of the molecule is CC(C)N(CC1CC1)c1cc(Br)nc(C2CC2)n1. The highest BCUT2D eigenvalue weighted by atomic mass is 79.9. The summed E-state index contributed by atoms with van der Waals surface area (Å²) < 4.78 is 0.927. The van der Waals surface area contributed by atoms with Crippen LogP contribution in [0, 0.1) is 5.92 Å². The summed E-state index contributed by atoms with van der Waals surface area (Å²) in [5.41, 5.74) is 0. The first-order valence-corrected chi connectivity index (χ1v) is 7.74. The van der Waals surface area contributed by atoms with Gasteiger partial charge in [0.2, 0.25) is 0 Å². The van der Waals surface area contributed by atoms with E-state index in [0.717, 1.165) is 28.7 Å². The third kappa shape index (κ3) is 2.85. The highest BCUT2D eigenvalue weighted by Crippen LogP contribution is 2.39. The van der Waals surface area contributed by atoms with Crippen LogP contribution in [0.15, 0.2) is 10.7 Å². The first-order chi connectivity index (χ1) is 8.63. The number of aromatic nitrogens is 2. The average Bonchev–Trinajstić information content (AvgIpc) is 3.16. The molecule has 98 valence electrons. The van der Waals surface area contributed by atoms with Crippen molar-refractivity contribution in [1.82, 2.24) is 9.97 Å². The Hall–Kier alpha value is -0.640. The fourth-order valence-corrected chi connectivity index (χ4v) is 2.63. The van der Waals surface area contributed by atoms with Gasteiger partial charge in [-0.2, -0.15) is 0 Å². The van der Waals surface area contributed by atoms with Crippen molar-refractivity contribution >= 4 is 21.7 Å². The summed E-state index contributed by atoms with van der Waals surface area (Å²) in [5.74, 6) is 3.61. The first kappa shape index (κ1) is 12.4. The molecule has 0 amide bonds. The van der Waals surface area contributed by atoms with Gasteiger partial charge in [0.25, 0.3) is 0 Å². The minimum absolute atomic E-state index is 0.499. The fourth-order valence-electron chi connectivity index (χ4n) is 2.24. The van der Waals surface area contributed by atoms with Crippen LogP contribution in [0.25, 0.3) is 0 Å². The molecule has 1 aromatic rings. The van der Waals surface area contributed by atoms with Gasteiger partial charge in [-0.05, 0) is 61.4 Å². The van der Waals surface area contributed by atoms with Crippen molar-refractivity contribution in [1.29, 1.82) is 0 Å². The van der Waals surface area contributed by atoms with Crippen molar-refractivity contribution < 1.29 is 0 Å². The van der Waals surface area contributed by atoms with Gasteiger partial charge in [0.05, 0.1) is 0 Å². The number of rotatable bonds is 5. The van der Waals surface area contributed by atoms with E-state index in [4.69, 9.17) is 4.98 Å². The summed E-state index contributed by atoms with van der Waals surface area (Å²) in [6.45, 7) is 5.63. The van der Waals surface area contributed by atoms with Crippen LogP contribution in [0.4, 0.5) is 5.82 Å². The summed E-state index contributed by atoms with van der Waals surface area (Å²) in [5, 5.41) is 0. The van der Waals surface area contributed by atoms with Gasteiger partial charge in [-0.3, -0.25) is 0 Å². The maximum atomic E-state index is 4.78. The number of hydrogen-bond donors (Lipinski definition) is 0. The zero-order chi connectivity index (χ0) is 12.7. The highest BCUT2D eigenvalue weighted by molar-refractivity contribution is 9.10. The van der Waals surface area contributed by atoms with Gasteiger partial charge in [-0.25, -0.2) is 9.97 Å². The molecule has 2 aliphatic carbocycles. The molecule has 4 heteroatoms. The molecule has 2 saturated carbocycles. The van der Waals surface area contributed by atoms with Gasteiger partial charge in [-0.15, -0.1) is 0 Å². The molecular weight excluding hydrogens is 290 g/mol. The zero-order valence-corrected chi connectivity index (χ0v) is 12.7. The number of nitrogens with zero attached hydrogens (tertiary/aromatic N) is 3. The summed E-state index contributed by atoms with van der Waals surface area (Å²) >= 11 is 3.53. The van der Waals surface area contributed by atoms with Gasteiger partial charge in [0.15, 0.2) is 0 Å². The standard InChI is InChI=1S/C14H20BrN3/c1-9(2)18(8-10-3-4-10)13-7-12(15)16-14(17-13)11-5-6-11/h7,9-11H,3-6,8H2,1-2H3. The Balaban J connectivity index is 1.86. The Morgan fingerprint density at radius 3 is 2.56 bits per heavy atom. The molecule has 2 fully saturated rings. The van der Waals surface area contributed by atoms with Gasteiger partial charge < -0.3 is 4.90 Å². The van der Waals surface area contributed by atoms with Crippen LogP contribution in [0.1, 0.15) is 51.3 Å². The highest BCUT2D eigenvalue weighted by Gasteiger charge is 2.30. The van der Waals surface area contributed by atoms with Crippen LogP contribution in [0.5, 0.6) is 0 Å². The lowest BCUT2D eigenvalue weighted by atomic mass is 10.2. The second-order valence-electron chi connectivity index (χ2n) is 5.87. The van der Waals surface area contributed by atoms with Gasteiger partial charge in [-0.1, -0.05) is 0 Å². The van der Waals surface area contributed by atoms with Crippen LogP contribution in [0.3, 0.4) is 0 Å². The first-order valence-electron chi connectivity index (χ1n) is 6.94. The number of hydrogen-bond acceptors (Lipinski definition) is 3. The molecule has 0 aliphatic heterocycles. The molecule has 0 unspecified atom stereocenters. The normalized spacial score (nSPS) is 19.3. The molecule has 0 bridgehead atoms. The minimum Gasteiger partial charge on any atom is -0.354 e. The van der Waals surface area contributed by atoms with Crippen molar-refractivity contribution in [3.8, 4) is 0 Å². The quantitative estimate of drug-likeness (QED) is 0.776. The Bertz CT molecular complexity index is 439. The summed E-state index contributed by atoms with van der Waals surface area (Å²) in [4.78, 5) is 11.7. The topological polar surface area (TPSA) is 29.0 Å². The summed E-state index contributed by atoms with van der Waals surface area (Å²) in [7, 11) is 0.